The van der Waals surface area contributed by atoms with Gasteiger partial charge in [-0.25, -0.2) is 4.39 Å². The number of halogens is 1. The zero-order chi connectivity index (χ0) is 21.2. The van der Waals surface area contributed by atoms with Gasteiger partial charge in [-0.2, -0.15) is 5.10 Å². The van der Waals surface area contributed by atoms with Crippen molar-refractivity contribution in [3.8, 4) is 0 Å². The number of carbonyl (C=O) groups is 1. The van der Waals surface area contributed by atoms with Crippen molar-refractivity contribution >= 4 is 11.6 Å². The minimum absolute atomic E-state index is 0.0528. The van der Waals surface area contributed by atoms with Crippen LogP contribution in [0.3, 0.4) is 0 Å². The molecule has 1 unspecified atom stereocenters. The molecule has 2 N–H and O–H groups in total. The Bertz CT molecular complexity index is 1010. The maximum atomic E-state index is 13.7. The van der Waals surface area contributed by atoms with Crippen molar-refractivity contribution in [2.24, 2.45) is 10.8 Å². The second kappa shape index (κ2) is 6.28. The molecule has 1 aromatic carbocycles. The summed E-state index contributed by atoms with van der Waals surface area (Å²) >= 11 is 0. The fourth-order valence-electron chi connectivity index (χ4n) is 5.01. The molecule has 1 aromatic heterocycles. The number of nitrogens with zero attached hydrogens (tertiary/aromatic N) is 1. The second-order valence-corrected chi connectivity index (χ2v) is 10.7. The molecule has 0 saturated heterocycles. The summed E-state index contributed by atoms with van der Waals surface area (Å²) in [4.78, 5) is 13.4. The number of allylic oxidation sites excluding steroid dienone is 2. The van der Waals surface area contributed by atoms with E-state index in [2.05, 4.69) is 57.1 Å². The molecule has 2 heterocycles. The van der Waals surface area contributed by atoms with E-state index >= 15 is 0 Å². The molecule has 29 heavy (non-hydrogen) atoms. The first kappa shape index (κ1) is 19.9. The molecule has 4 rings (SSSR count). The van der Waals surface area contributed by atoms with Crippen LogP contribution in [0.15, 0.2) is 35.5 Å². The number of fused-ring (bicyclic) bond motifs is 1. The van der Waals surface area contributed by atoms with Crippen LogP contribution in [0, 0.1) is 16.6 Å². The van der Waals surface area contributed by atoms with E-state index in [9.17, 15) is 9.18 Å². The van der Waals surface area contributed by atoms with E-state index in [1.54, 1.807) is 12.1 Å². The van der Waals surface area contributed by atoms with E-state index in [1.165, 1.54) is 12.1 Å². The Labute approximate surface area is 172 Å². The standard InChI is InChI=1S/C24H30FN3O/c1-22(2,3)11-17-20-21(28-27-17)26-16-12-23(4,5)13-18(29)19(16)24(20,6)14-7-9-15(25)10-8-14/h7-10H,11-13H2,1-6H3,(H2,26,27,28). The van der Waals surface area contributed by atoms with Crippen LogP contribution in [0.25, 0.3) is 0 Å². The highest BCUT2D eigenvalue weighted by atomic mass is 19.1. The zero-order valence-corrected chi connectivity index (χ0v) is 18.2. The third-order valence-corrected chi connectivity index (χ3v) is 6.11. The van der Waals surface area contributed by atoms with Crippen LogP contribution in [-0.2, 0) is 16.6 Å². The lowest BCUT2D eigenvalue weighted by Gasteiger charge is -2.44. The first-order chi connectivity index (χ1) is 13.4. The topological polar surface area (TPSA) is 57.8 Å². The highest BCUT2D eigenvalue weighted by molar-refractivity contribution is 6.02. The van der Waals surface area contributed by atoms with Crippen molar-refractivity contribution in [1.29, 1.82) is 0 Å². The lowest BCUT2D eigenvalue weighted by molar-refractivity contribution is -0.118. The Balaban J connectivity index is 1.98. The molecule has 0 bridgehead atoms. The fraction of sp³-hybridized carbons (Fsp3) is 0.500. The third kappa shape index (κ3) is 3.30. The van der Waals surface area contributed by atoms with Gasteiger partial charge in [-0.15, -0.1) is 0 Å². The van der Waals surface area contributed by atoms with E-state index in [0.29, 0.717) is 6.42 Å². The Morgan fingerprint density at radius 3 is 2.38 bits per heavy atom. The number of rotatable bonds is 2. The van der Waals surface area contributed by atoms with Crippen molar-refractivity contribution in [2.75, 3.05) is 5.32 Å². The molecule has 0 spiro atoms. The maximum absolute atomic E-state index is 13.7. The molecule has 2 aromatic rings. The van der Waals surface area contributed by atoms with Gasteiger partial charge in [0.05, 0.1) is 5.41 Å². The molecule has 0 fully saturated rings. The Morgan fingerprint density at radius 1 is 1.10 bits per heavy atom. The number of benzene rings is 1. The summed E-state index contributed by atoms with van der Waals surface area (Å²) in [6.07, 6.45) is 2.09. The molecule has 5 heteroatoms. The van der Waals surface area contributed by atoms with Crippen molar-refractivity contribution in [2.45, 2.75) is 66.2 Å². The van der Waals surface area contributed by atoms with Crippen molar-refractivity contribution in [3.63, 3.8) is 0 Å². The maximum Gasteiger partial charge on any atom is 0.162 e. The van der Waals surface area contributed by atoms with E-state index < -0.39 is 5.41 Å². The number of aromatic amines is 1. The largest absolute Gasteiger partial charge is 0.342 e. The van der Waals surface area contributed by atoms with Crippen LogP contribution in [-0.4, -0.2) is 16.0 Å². The summed E-state index contributed by atoms with van der Waals surface area (Å²) in [6.45, 7) is 12.9. The van der Waals surface area contributed by atoms with Crippen LogP contribution in [0.5, 0.6) is 0 Å². The van der Waals surface area contributed by atoms with Crippen LogP contribution in [0.2, 0.25) is 0 Å². The average molecular weight is 396 g/mol. The van der Waals surface area contributed by atoms with Gasteiger partial charge in [0.1, 0.15) is 5.82 Å². The number of anilines is 1. The van der Waals surface area contributed by atoms with Gasteiger partial charge in [-0.3, -0.25) is 9.89 Å². The van der Waals surface area contributed by atoms with Gasteiger partial charge in [0.15, 0.2) is 11.6 Å². The van der Waals surface area contributed by atoms with Crippen molar-refractivity contribution in [3.05, 3.63) is 58.2 Å². The molecule has 0 radical (unpaired) electrons. The third-order valence-electron chi connectivity index (χ3n) is 6.11. The summed E-state index contributed by atoms with van der Waals surface area (Å²) in [5, 5.41) is 11.3. The van der Waals surface area contributed by atoms with E-state index in [-0.39, 0.29) is 22.4 Å². The van der Waals surface area contributed by atoms with Crippen LogP contribution < -0.4 is 5.32 Å². The Morgan fingerprint density at radius 2 is 1.76 bits per heavy atom. The summed E-state index contributed by atoms with van der Waals surface area (Å²) in [6, 6.07) is 6.55. The van der Waals surface area contributed by atoms with Crippen LogP contribution >= 0.6 is 0 Å². The second-order valence-electron chi connectivity index (χ2n) is 10.7. The number of nitrogens with one attached hydrogen (secondary N) is 2. The SMILES string of the molecule is CC(C)(C)Cc1[nH]nc2c1C(C)(c1ccc(F)cc1)C1=C(CC(C)(C)CC1=O)N2. The van der Waals surface area contributed by atoms with Gasteiger partial charge in [-0.05, 0) is 48.3 Å². The van der Waals surface area contributed by atoms with Gasteiger partial charge in [-0.1, -0.05) is 46.8 Å². The number of hydrogen-bond acceptors (Lipinski definition) is 3. The predicted octanol–water partition coefficient (Wildman–Crippen LogP) is 5.51. The highest BCUT2D eigenvalue weighted by Gasteiger charge is 2.49. The van der Waals surface area contributed by atoms with Gasteiger partial charge in [0, 0.05) is 28.9 Å². The fourth-order valence-corrected chi connectivity index (χ4v) is 5.01. The monoisotopic (exact) mass is 395 g/mol. The zero-order valence-electron chi connectivity index (χ0n) is 18.2. The minimum Gasteiger partial charge on any atom is -0.342 e. The van der Waals surface area contributed by atoms with E-state index in [1.807, 2.05) is 0 Å². The van der Waals surface area contributed by atoms with Gasteiger partial charge < -0.3 is 5.32 Å². The number of hydrogen-bond donors (Lipinski definition) is 2. The average Bonchev–Trinajstić information content (AvgIpc) is 2.95. The van der Waals surface area contributed by atoms with Gasteiger partial charge in [0.2, 0.25) is 0 Å². The molecule has 4 nitrogen and oxygen atoms in total. The van der Waals surface area contributed by atoms with Crippen LogP contribution in [0.1, 0.15) is 71.2 Å². The highest BCUT2D eigenvalue weighted by Crippen LogP contribution is 2.53. The normalized spacial score (nSPS) is 23.5. The van der Waals surface area contributed by atoms with Crippen molar-refractivity contribution in [1.82, 2.24) is 10.2 Å². The molecule has 0 saturated carbocycles. The summed E-state index contributed by atoms with van der Waals surface area (Å²) in [7, 11) is 0. The van der Waals surface area contributed by atoms with Gasteiger partial charge in [0.25, 0.3) is 0 Å². The lowest BCUT2D eigenvalue weighted by Crippen LogP contribution is -2.42. The number of ketones is 1. The molecular weight excluding hydrogens is 365 g/mol. The Hall–Kier alpha value is -2.43. The molecule has 1 aliphatic carbocycles. The first-order valence-electron chi connectivity index (χ1n) is 10.3. The summed E-state index contributed by atoms with van der Waals surface area (Å²) in [5.74, 6) is 0.656. The number of Topliss-reactive ketones (excluding diaryl/α,β-unsaturated/α-hetero) is 1. The first-order valence-corrected chi connectivity index (χ1v) is 10.3. The van der Waals surface area contributed by atoms with E-state index in [4.69, 9.17) is 0 Å². The van der Waals surface area contributed by atoms with Crippen LogP contribution in [0.4, 0.5) is 10.2 Å². The molecule has 1 atom stereocenters. The lowest BCUT2D eigenvalue weighted by atomic mass is 9.61. The minimum atomic E-state index is -0.676. The van der Waals surface area contributed by atoms with Gasteiger partial charge >= 0.3 is 0 Å². The predicted molar refractivity (Wildman–Crippen MR) is 113 cm³/mol. The molecule has 1 aliphatic heterocycles. The molecule has 154 valence electrons. The van der Waals surface area contributed by atoms with Crippen molar-refractivity contribution < 1.29 is 9.18 Å². The summed E-state index contributed by atoms with van der Waals surface area (Å²) < 4.78 is 13.7. The van der Waals surface area contributed by atoms with E-state index in [0.717, 1.165) is 46.8 Å². The molecule has 2 aliphatic rings. The quantitative estimate of drug-likeness (QED) is 0.705. The molecule has 0 amide bonds. The number of aromatic nitrogens is 2. The molecular formula is C24H30FN3O. The number of carbonyl (C=O) groups excluding carboxylic acids is 1. The smallest absolute Gasteiger partial charge is 0.162 e. The Kier molecular flexibility index (Phi) is 4.30. The number of H-pyrrole nitrogens is 1. The summed E-state index contributed by atoms with van der Waals surface area (Å²) in [5.41, 5.74) is 3.96.